The molecule has 1 aliphatic rings. The Morgan fingerprint density at radius 3 is 3.00 bits per heavy atom. The van der Waals surface area contributed by atoms with Crippen LogP contribution in [0, 0.1) is 5.82 Å². The molecule has 2 unspecified atom stereocenters. The van der Waals surface area contributed by atoms with Crippen LogP contribution < -0.4 is 5.32 Å². The van der Waals surface area contributed by atoms with Crippen molar-refractivity contribution in [3.05, 3.63) is 34.6 Å². The van der Waals surface area contributed by atoms with Gasteiger partial charge >= 0.3 is 0 Å². The first-order valence-electron chi connectivity index (χ1n) is 5.95. The van der Waals surface area contributed by atoms with Gasteiger partial charge in [0.05, 0.1) is 22.7 Å². The van der Waals surface area contributed by atoms with E-state index in [1.165, 1.54) is 12.1 Å². The standard InChI is InChI=1S/C13H15ClFNO2/c1-8(12-3-2-6-18-12)16-13(17)10-5-4-9(15)7-11(10)14/h4-5,7-8,12H,2-3,6H2,1H3,(H,16,17). The highest BCUT2D eigenvalue weighted by Gasteiger charge is 2.24. The summed E-state index contributed by atoms with van der Waals surface area (Å²) < 4.78 is 18.4. The highest BCUT2D eigenvalue weighted by atomic mass is 35.5. The highest BCUT2D eigenvalue weighted by Crippen LogP contribution is 2.19. The minimum absolute atomic E-state index is 0.0492. The van der Waals surface area contributed by atoms with Gasteiger partial charge in [0.2, 0.25) is 0 Å². The summed E-state index contributed by atoms with van der Waals surface area (Å²) in [5, 5.41) is 2.95. The molecule has 3 nitrogen and oxygen atoms in total. The molecule has 1 saturated heterocycles. The normalized spacial score (nSPS) is 20.7. The number of nitrogens with one attached hydrogen (secondary N) is 1. The molecule has 98 valence electrons. The summed E-state index contributed by atoms with van der Waals surface area (Å²) in [5.74, 6) is -0.758. The Hall–Kier alpha value is -1.13. The number of carbonyl (C=O) groups is 1. The lowest BCUT2D eigenvalue weighted by atomic mass is 10.1. The summed E-state index contributed by atoms with van der Waals surface area (Å²) in [4.78, 5) is 12.0. The Morgan fingerprint density at radius 1 is 1.61 bits per heavy atom. The number of hydrogen-bond donors (Lipinski definition) is 1. The third-order valence-electron chi connectivity index (χ3n) is 3.06. The van der Waals surface area contributed by atoms with Crippen LogP contribution in [0.2, 0.25) is 5.02 Å². The first-order valence-corrected chi connectivity index (χ1v) is 6.33. The number of benzene rings is 1. The molecule has 2 atom stereocenters. The lowest BCUT2D eigenvalue weighted by Gasteiger charge is -2.20. The molecule has 0 spiro atoms. The predicted molar refractivity (Wildman–Crippen MR) is 67.3 cm³/mol. The molecule has 1 aliphatic heterocycles. The van der Waals surface area contributed by atoms with Crippen LogP contribution in [0.4, 0.5) is 4.39 Å². The molecule has 1 N–H and O–H groups in total. The third-order valence-corrected chi connectivity index (χ3v) is 3.37. The molecule has 0 aliphatic carbocycles. The minimum Gasteiger partial charge on any atom is -0.376 e. The maximum Gasteiger partial charge on any atom is 0.253 e. The molecule has 1 amide bonds. The summed E-state index contributed by atoms with van der Waals surface area (Å²) in [6.45, 7) is 2.63. The molecule has 0 saturated carbocycles. The molecule has 1 aromatic carbocycles. The topological polar surface area (TPSA) is 38.3 Å². The van der Waals surface area contributed by atoms with Crippen molar-refractivity contribution in [2.75, 3.05) is 6.61 Å². The molecule has 0 aromatic heterocycles. The second kappa shape index (κ2) is 5.67. The smallest absolute Gasteiger partial charge is 0.253 e. The van der Waals surface area contributed by atoms with Crippen LogP contribution in [0.1, 0.15) is 30.1 Å². The van der Waals surface area contributed by atoms with Crippen molar-refractivity contribution in [1.29, 1.82) is 0 Å². The zero-order valence-corrected chi connectivity index (χ0v) is 10.8. The summed E-state index contributed by atoms with van der Waals surface area (Å²) in [5.41, 5.74) is 0.280. The fourth-order valence-corrected chi connectivity index (χ4v) is 2.30. The van der Waals surface area contributed by atoms with Crippen LogP contribution in [0.15, 0.2) is 18.2 Å². The Bertz CT molecular complexity index is 447. The average molecular weight is 272 g/mol. The van der Waals surface area contributed by atoms with Crippen molar-refractivity contribution in [2.24, 2.45) is 0 Å². The van der Waals surface area contributed by atoms with E-state index in [-0.39, 0.29) is 28.6 Å². The molecule has 0 radical (unpaired) electrons. The summed E-state index contributed by atoms with van der Waals surface area (Å²) in [6.07, 6.45) is 2.01. The van der Waals surface area contributed by atoms with Gasteiger partial charge < -0.3 is 10.1 Å². The quantitative estimate of drug-likeness (QED) is 0.918. The number of halogens is 2. The van der Waals surface area contributed by atoms with E-state index in [2.05, 4.69) is 5.32 Å². The lowest BCUT2D eigenvalue weighted by molar-refractivity contribution is 0.0712. The first kappa shape index (κ1) is 13.3. The van der Waals surface area contributed by atoms with E-state index >= 15 is 0 Å². The summed E-state index contributed by atoms with van der Waals surface area (Å²) in [6, 6.07) is 3.65. The largest absolute Gasteiger partial charge is 0.376 e. The summed E-state index contributed by atoms with van der Waals surface area (Å²) in [7, 11) is 0. The van der Waals surface area contributed by atoms with Gasteiger partial charge in [0.25, 0.3) is 5.91 Å². The molecule has 5 heteroatoms. The van der Waals surface area contributed by atoms with E-state index in [0.717, 1.165) is 25.5 Å². The van der Waals surface area contributed by atoms with Gasteiger partial charge in [-0.25, -0.2) is 4.39 Å². The van der Waals surface area contributed by atoms with Crippen LogP contribution in [0.5, 0.6) is 0 Å². The zero-order valence-electron chi connectivity index (χ0n) is 10.1. The van der Waals surface area contributed by atoms with E-state index in [0.29, 0.717) is 0 Å². The molecular weight excluding hydrogens is 257 g/mol. The number of hydrogen-bond acceptors (Lipinski definition) is 2. The first-order chi connectivity index (χ1) is 8.58. The number of carbonyl (C=O) groups excluding carboxylic acids is 1. The Morgan fingerprint density at radius 2 is 2.39 bits per heavy atom. The minimum atomic E-state index is -0.455. The average Bonchev–Trinajstić information content (AvgIpc) is 2.81. The summed E-state index contributed by atoms with van der Waals surface area (Å²) >= 11 is 5.84. The second-order valence-corrected chi connectivity index (χ2v) is 4.84. The van der Waals surface area contributed by atoms with Gasteiger partial charge in [-0.05, 0) is 38.0 Å². The van der Waals surface area contributed by atoms with Gasteiger partial charge in [0.15, 0.2) is 0 Å². The van der Waals surface area contributed by atoms with Gasteiger partial charge in [0.1, 0.15) is 5.82 Å². The van der Waals surface area contributed by atoms with Crippen molar-refractivity contribution in [2.45, 2.75) is 31.9 Å². The van der Waals surface area contributed by atoms with E-state index in [1.54, 1.807) is 0 Å². The van der Waals surface area contributed by atoms with Crippen LogP contribution >= 0.6 is 11.6 Å². The van der Waals surface area contributed by atoms with Crippen molar-refractivity contribution < 1.29 is 13.9 Å². The monoisotopic (exact) mass is 271 g/mol. The Balaban J connectivity index is 2.02. The fourth-order valence-electron chi connectivity index (χ4n) is 2.05. The molecule has 1 fully saturated rings. The molecule has 2 rings (SSSR count). The van der Waals surface area contributed by atoms with Gasteiger partial charge in [-0.1, -0.05) is 11.6 Å². The lowest BCUT2D eigenvalue weighted by Crippen LogP contribution is -2.40. The van der Waals surface area contributed by atoms with Crippen LogP contribution in [-0.2, 0) is 4.74 Å². The molecular formula is C13H15ClFNO2. The third kappa shape index (κ3) is 3.00. The van der Waals surface area contributed by atoms with Gasteiger partial charge in [0, 0.05) is 6.61 Å². The maximum absolute atomic E-state index is 12.9. The Kier molecular flexibility index (Phi) is 4.19. The predicted octanol–water partition coefficient (Wildman–Crippen LogP) is 2.78. The van der Waals surface area contributed by atoms with Crippen molar-refractivity contribution in [3.8, 4) is 0 Å². The van der Waals surface area contributed by atoms with Gasteiger partial charge in [-0.2, -0.15) is 0 Å². The number of ether oxygens (including phenoxy) is 1. The fraction of sp³-hybridized carbons (Fsp3) is 0.462. The van der Waals surface area contributed by atoms with E-state index < -0.39 is 5.82 Å². The Labute approximate surface area is 110 Å². The van der Waals surface area contributed by atoms with E-state index in [1.807, 2.05) is 6.92 Å². The zero-order chi connectivity index (χ0) is 13.1. The molecule has 1 heterocycles. The molecule has 1 aromatic rings. The SMILES string of the molecule is CC(NC(=O)c1ccc(F)cc1Cl)C1CCCO1. The van der Waals surface area contributed by atoms with Crippen molar-refractivity contribution in [3.63, 3.8) is 0 Å². The molecule has 0 bridgehead atoms. The van der Waals surface area contributed by atoms with Gasteiger partial charge in [-0.3, -0.25) is 4.79 Å². The van der Waals surface area contributed by atoms with Crippen molar-refractivity contribution >= 4 is 17.5 Å². The maximum atomic E-state index is 12.9. The van der Waals surface area contributed by atoms with Crippen LogP contribution in [-0.4, -0.2) is 24.7 Å². The van der Waals surface area contributed by atoms with Crippen LogP contribution in [0.3, 0.4) is 0 Å². The highest BCUT2D eigenvalue weighted by molar-refractivity contribution is 6.33. The van der Waals surface area contributed by atoms with Crippen molar-refractivity contribution in [1.82, 2.24) is 5.32 Å². The van der Waals surface area contributed by atoms with E-state index in [4.69, 9.17) is 16.3 Å². The number of rotatable bonds is 3. The van der Waals surface area contributed by atoms with Gasteiger partial charge in [-0.15, -0.1) is 0 Å². The van der Waals surface area contributed by atoms with E-state index in [9.17, 15) is 9.18 Å². The number of amides is 1. The molecule has 18 heavy (non-hydrogen) atoms. The second-order valence-electron chi connectivity index (χ2n) is 4.44. The van der Waals surface area contributed by atoms with Crippen LogP contribution in [0.25, 0.3) is 0 Å².